The molecule has 0 bridgehead atoms. The van der Waals surface area contributed by atoms with Crippen molar-refractivity contribution < 1.29 is 29.0 Å². The molecule has 100 valence electrons. The summed E-state index contributed by atoms with van der Waals surface area (Å²) >= 11 is 0. The number of carbonyl (C=O) groups is 4. The summed E-state index contributed by atoms with van der Waals surface area (Å²) in [6.07, 6.45) is 1.30. The number of imide groups is 1. The molecule has 0 rings (SSSR count). The Kier molecular flexibility index (Phi) is 6.79. The van der Waals surface area contributed by atoms with Crippen LogP contribution in [0.5, 0.6) is 0 Å². The summed E-state index contributed by atoms with van der Waals surface area (Å²) in [6, 6.07) is -0.803. The van der Waals surface area contributed by atoms with Gasteiger partial charge in [-0.1, -0.05) is 0 Å². The van der Waals surface area contributed by atoms with Crippen molar-refractivity contribution >= 4 is 23.9 Å². The van der Waals surface area contributed by atoms with Crippen LogP contribution >= 0.6 is 0 Å². The number of likely N-dealkylation sites (N-methyl/N-ethyl adjacent to an activating group) is 1. The monoisotopic (exact) mass is 258 g/mol. The van der Waals surface area contributed by atoms with Crippen LogP contribution in [0.1, 0.15) is 6.92 Å². The van der Waals surface area contributed by atoms with Crippen LogP contribution in [0.3, 0.4) is 0 Å². The van der Waals surface area contributed by atoms with E-state index in [1.165, 1.54) is 7.11 Å². The molecular weight excluding hydrogens is 244 g/mol. The molecule has 0 saturated heterocycles. The Balaban J connectivity index is 4.40. The Morgan fingerprint density at radius 3 is 2.33 bits per heavy atom. The number of amides is 3. The van der Waals surface area contributed by atoms with E-state index in [2.05, 4.69) is 4.74 Å². The van der Waals surface area contributed by atoms with Crippen LogP contribution in [0.2, 0.25) is 0 Å². The fourth-order valence-electron chi connectivity index (χ4n) is 0.921. The number of carbonyl (C=O) groups excluding carboxylic acids is 3. The SMILES string of the molecule is CCN(CC(=O)OC)C(=O)NC(=O)/C=C/C(=O)O. The Morgan fingerprint density at radius 1 is 1.28 bits per heavy atom. The molecular formula is C10H14N2O6. The molecule has 0 radical (unpaired) electrons. The normalized spacial score (nSPS) is 9.89. The summed E-state index contributed by atoms with van der Waals surface area (Å²) in [5.74, 6) is -2.81. The summed E-state index contributed by atoms with van der Waals surface area (Å²) in [6.45, 7) is 1.51. The zero-order valence-electron chi connectivity index (χ0n) is 10.0. The molecule has 18 heavy (non-hydrogen) atoms. The van der Waals surface area contributed by atoms with E-state index in [0.29, 0.717) is 12.2 Å². The highest BCUT2D eigenvalue weighted by Crippen LogP contribution is 1.91. The van der Waals surface area contributed by atoms with Crippen LogP contribution in [0.15, 0.2) is 12.2 Å². The maximum atomic E-state index is 11.5. The number of carboxylic acids is 1. The zero-order chi connectivity index (χ0) is 14.1. The number of nitrogens with one attached hydrogen (secondary N) is 1. The number of methoxy groups -OCH3 is 1. The molecule has 3 amide bonds. The number of esters is 1. The third-order valence-corrected chi connectivity index (χ3v) is 1.82. The molecule has 8 nitrogen and oxygen atoms in total. The second-order valence-corrected chi connectivity index (χ2v) is 3.06. The Bertz CT molecular complexity index is 377. The van der Waals surface area contributed by atoms with E-state index >= 15 is 0 Å². The molecule has 0 unspecified atom stereocenters. The minimum absolute atomic E-state index is 0.191. The first kappa shape index (κ1) is 15.6. The standard InChI is InChI=1S/C10H14N2O6/c1-3-12(6-9(16)18-2)10(17)11-7(13)4-5-8(14)15/h4-5H,3,6H2,1-2H3,(H,14,15)(H,11,13,17)/b5-4+. The average Bonchev–Trinajstić information content (AvgIpc) is 2.32. The molecule has 0 spiro atoms. The topological polar surface area (TPSA) is 113 Å². The molecule has 0 fully saturated rings. The number of nitrogens with zero attached hydrogens (tertiary/aromatic N) is 1. The minimum atomic E-state index is -1.31. The summed E-state index contributed by atoms with van der Waals surface area (Å²) in [5, 5.41) is 10.2. The molecule has 8 heteroatoms. The molecule has 0 saturated carbocycles. The van der Waals surface area contributed by atoms with Crippen LogP contribution in [0, 0.1) is 0 Å². The van der Waals surface area contributed by atoms with E-state index in [-0.39, 0.29) is 13.1 Å². The Morgan fingerprint density at radius 2 is 1.89 bits per heavy atom. The summed E-state index contributed by atoms with van der Waals surface area (Å²) in [4.78, 5) is 44.7. The quantitative estimate of drug-likeness (QED) is 0.501. The molecule has 0 aromatic heterocycles. The third-order valence-electron chi connectivity index (χ3n) is 1.82. The first-order valence-corrected chi connectivity index (χ1v) is 4.98. The lowest BCUT2D eigenvalue weighted by atomic mass is 10.4. The summed E-state index contributed by atoms with van der Waals surface area (Å²) in [5.41, 5.74) is 0. The number of carboxylic acid groups (broad SMARTS) is 1. The van der Waals surface area contributed by atoms with Crippen LogP contribution in [-0.4, -0.2) is 54.1 Å². The van der Waals surface area contributed by atoms with Gasteiger partial charge in [0.1, 0.15) is 6.54 Å². The fraction of sp³-hybridized carbons (Fsp3) is 0.400. The Hall–Kier alpha value is -2.38. The van der Waals surface area contributed by atoms with Crippen LogP contribution in [0.4, 0.5) is 4.79 Å². The average molecular weight is 258 g/mol. The molecule has 0 aliphatic carbocycles. The first-order valence-electron chi connectivity index (χ1n) is 4.98. The van der Waals surface area contributed by atoms with Crippen molar-refractivity contribution in [1.29, 1.82) is 0 Å². The molecule has 0 aliphatic heterocycles. The number of urea groups is 1. The van der Waals surface area contributed by atoms with E-state index in [0.717, 1.165) is 4.90 Å². The van der Waals surface area contributed by atoms with E-state index in [1.54, 1.807) is 6.92 Å². The lowest BCUT2D eigenvalue weighted by Crippen LogP contribution is -2.44. The number of hydrogen-bond acceptors (Lipinski definition) is 5. The maximum Gasteiger partial charge on any atom is 0.328 e. The lowest BCUT2D eigenvalue weighted by molar-refractivity contribution is -0.141. The van der Waals surface area contributed by atoms with Gasteiger partial charge in [-0.25, -0.2) is 9.59 Å². The molecule has 2 N–H and O–H groups in total. The molecule has 0 aromatic rings. The number of rotatable bonds is 5. The molecule has 0 aromatic carbocycles. The predicted molar refractivity (Wildman–Crippen MR) is 59.6 cm³/mol. The number of ether oxygens (including phenoxy) is 1. The Labute approximate surface area is 103 Å². The van der Waals surface area contributed by atoms with Gasteiger partial charge in [0.15, 0.2) is 0 Å². The fourth-order valence-corrected chi connectivity index (χ4v) is 0.921. The molecule has 0 heterocycles. The van der Waals surface area contributed by atoms with Gasteiger partial charge in [-0.05, 0) is 6.92 Å². The molecule has 0 atom stereocenters. The molecule has 0 aliphatic rings. The van der Waals surface area contributed by atoms with Crippen LogP contribution < -0.4 is 5.32 Å². The smallest absolute Gasteiger partial charge is 0.328 e. The van der Waals surface area contributed by atoms with Gasteiger partial charge in [0.25, 0.3) is 5.91 Å². The van der Waals surface area contributed by atoms with Gasteiger partial charge in [0, 0.05) is 18.7 Å². The van der Waals surface area contributed by atoms with E-state index in [9.17, 15) is 19.2 Å². The van der Waals surface area contributed by atoms with Crippen molar-refractivity contribution in [2.75, 3.05) is 20.2 Å². The zero-order valence-corrected chi connectivity index (χ0v) is 10.0. The van der Waals surface area contributed by atoms with Crippen LogP contribution in [-0.2, 0) is 19.1 Å². The number of aliphatic carboxylic acids is 1. The summed E-state index contributed by atoms with van der Waals surface area (Å²) < 4.78 is 4.38. The van der Waals surface area contributed by atoms with Gasteiger partial charge in [-0.3, -0.25) is 14.9 Å². The minimum Gasteiger partial charge on any atom is -0.478 e. The van der Waals surface area contributed by atoms with Gasteiger partial charge in [0.05, 0.1) is 7.11 Å². The van der Waals surface area contributed by atoms with Crippen LogP contribution in [0.25, 0.3) is 0 Å². The van der Waals surface area contributed by atoms with Crippen molar-refractivity contribution in [2.45, 2.75) is 6.92 Å². The van der Waals surface area contributed by atoms with Crippen molar-refractivity contribution in [2.24, 2.45) is 0 Å². The van der Waals surface area contributed by atoms with E-state index in [4.69, 9.17) is 5.11 Å². The highest BCUT2D eigenvalue weighted by molar-refractivity contribution is 6.03. The highest BCUT2D eigenvalue weighted by atomic mass is 16.5. The van der Waals surface area contributed by atoms with Gasteiger partial charge in [0.2, 0.25) is 0 Å². The first-order chi connectivity index (χ1) is 8.40. The third kappa shape index (κ3) is 6.26. The van der Waals surface area contributed by atoms with Crippen molar-refractivity contribution in [3.8, 4) is 0 Å². The second kappa shape index (κ2) is 7.82. The van der Waals surface area contributed by atoms with Crippen molar-refractivity contribution in [3.63, 3.8) is 0 Å². The van der Waals surface area contributed by atoms with Gasteiger partial charge in [-0.2, -0.15) is 0 Å². The lowest BCUT2D eigenvalue weighted by Gasteiger charge is -2.18. The van der Waals surface area contributed by atoms with Crippen molar-refractivity contribution in [3.05, 3.63) is 12.2 Å². The highest BCUT2D eigenvalue weighted by Gasteiger charge is 2.17. The largest absolute Gasteiger partial charge is 0.478 e. The van der Waals surface area contributed by atoms with E-state index < -0.39 is 23.9 Å². The van der Waals surface area contributed by atoms with Crippen molar-refractivity contribution in [1.82, 2.24) is 10.2 Å². The maximum absolute atomic E-state index is 11.5. The van der Waals surface area contributed by atoms with Gasteiger partial charge < -0.3 is 14.7 Å². The van der Waals surface area contributed by atoms with Gasteiger partial charge in [-0.15, -0.1) is 0 Å². The predicted octanol–water partition coefficient (Wildman–Crippen LogP) is -0.642. The van der Waals surface area contributed by atoms with E-state index in [1.807, 2.05) is 5.32 Å². The second-order valence-electron chi connectivity index (χ2n) is 3.06. The number of hydrogen-bond donors (Lipinski definition) is 2. The summed E-state index contributed by atoms with van der Waals surface area (Å²) in [7, 11) is 1.18. The van der Waals surface area contributed by atoms with Gasteiger partial charge >= 0.3 is 18.0 Å².